The van der Waals surface area contributed by atoms with E-state index in [0.717, 1.165) is 12.1 Å². The number of H-pyrrole nitrogens is 1. The molecule has 1 aliphatic rings. The molecule has 0 bridgehead atoms. The summed E-state index contributed by atoms with van der Waals surface area (Å²) in [5.41, 5.74) is 1.13. The van der Waals surface area contributed by atoms with Crippen molar-refractivity contribution in [1.29, 1.82) is 0 Å². The van der Waals surface area contributed by atoms with Crippen molar-refractivity contribution in [2.45, 2.75) is 45.2 Å². The van der Waals surface area contributed by atoms with Crippen molar-refractivity contribution in [2.24, 2.45) is 0 Å². The van der Waals surface area contributed by atoms with Crippen LogP contribution in [0.1, 0.15) is 38.2 Å². The number of rotatable bonds is 3. The van der Waals surface area contributed by atoms with Crippen molar-refractivity contribution in [2.75, 3.05) is 6.54 Å². The smallest absolute Gasteiger partial charge is 0.248 e. The Hall–Kier alpha value is -1.09. The van der Waals surface area contributed by atoms with E-state index in [1.807, 2.05) is 6.07 Å². The molecule has 1 aromatic rings. The van der Waals surface area contributed by atoms with E-state index in [-0.39, 0.29) is 5.56 Å². The van der Waals surface area contributed by atoms with E-state index in [0.29, 0.717) is 6.04 Å². The highest BCUT2D eigenvalue weighted by Gasteiger charge is 2.20. The van der Waals surface area contributed by atoms with Gasteiger partial charge in [0.15, 0.2) is 0 Å². The van der Waals surface area contributed by atoms with Gasteiger partial charge >= 0.3 is 0 Å². The highest BCUT2D eigenvalue weighted by molar-refractivity contribution is 5.10. The molecule has 0 aromatic carbocycles. The molecule has 3 heteroatoms. The summed E-state index contributed by atoms with van der Waals surface area (Å²) in [6.07, 6.45) is 6.90. The molecule has 1 aliphatic heterocycles. The monoisotopic (exact) mass is 220 g/mol. The van der Waals surface area contributed by atoms with Crippen LogP contribution >= 0.6 is 0 Å². The molecular formula is C13H20N2O. The molecule has 1 saturated heterocycles. The summed E-state index contributed by atoms with van der Waals surface area (Å²) in [5.74, 6) is 0. The highest BCUT2D eigenvalue weighted by Crippen LogP contribution is 2.21. The van der Waals surface area contributed by atoms with Crippen LogP contribution in [0, 0.1) is 0 Å². The third kappa shape index (κ3) is 2.73. The summed E-state index contributed by atoms with van der Waals surface area (Å²) in [5, 5.41) is 0. The standard InChI is InChI=1S/C13H20N2O/c1-2-12-5-3-4-8-15(12)10-11-6-7-14-13(16)9-11/h6-7,9,12H,2-5,8,10H2,1H3,(H,14,16). The Balaban J connectivity index is 2.05. The van der Waals surface area contributed by atoms with Gasteiger partial charge in [-0.15, -0.1) is 0 Å². The number of hydrogen-bond acceptors (Lipinski definition) is 2. The highest BCUT2D eigenvalue weighted by atomic mass is 16.1. The van der Waals surface area contributed by atoms with Gasteiger partial charge in [-0.25, -0.2) is 0 Å². The van der Waals surface area contributed by atoms with E-state index in [4.69, 9.17) is 0 Å². The fraction of sp³-hybridized carbons (Fsp3) is 0.615. The topological polar surface area (TPSA) is 36.1 Å². The zero-order chi connectivity index (χ0) is 11.4. The summed E-state index contributed by atoms with van der Waals surface area (Å²) in [4.78, 5) is 16.4. The molecule has 0 spiro atoms. The number of likely N-dealkylation sites (tertiary alicyclic amines) is 1. The maximum atomic E-state index is 11.2. The van der Waals surface area contributed by atoms with Crippen molar-refractivity contribution in [1.82, 2.24) is 9.88 Å². The molecule has 88 valence electrons. The van der Waals surface area contributed by atoms with Crippen molar-refractivity contribution >= 4 is 0 Å². The molecule has 1 aromatic heterocycles. The molecule has 1 atom stereocenters. The van der Waals surface area contributed by atoms with Gasteiger partial charge in [0.25, 0.3) is 0 Å². The number of nitrogens with one attached hydrogen (secondary N) is 1. The Morgan fingerprint density at radius 3 is 3.12 bits per heavy atom. The summed E-state index contributed by atoms with van der Waals surface area (Å²) < 4.78 is 0. The zero-order valence-electron chi connectivity index (χ0n) is 9.91. The lowest BCUT2D eigenvalue weighted by atomic mass is 9.99. The van der Waals surface area contributed by atoms with Crippen LogP contribution in [-0.2, 0) is 6.54 Å². The minimum absolute atomic E-state index is 0.00237. The summed E-state index contributed by atoms with van der Waals surface area (Å²) in [6, 6.07) is 4.41. The second kappa shape index (κ2) is 5.30. The fourth-order valence-corrected chi connectivity index (χ4v) is 2.55. The van der Waals surface area contributed by atoms with Gasteiger partial charge in [-0.05, 0) is 37.4 Å². The minimum Gasteiger partial charge on any atom is -0.329 e. The van der Waals surface area contributed by atoms with Crippen LogP contribution in [-0.4, -0.2) is 22.5 Å². The lowest BCUT2D eigenvalue weighted by molar-refractivity contribution is 0.136. The molecule has 2 rings (SSSR count). The molecule has 0 radical (unpaired) electrons. The maximum absolute atomic E-state index is 11.2. The quantitative estimate of drug-likeness (QED) is 0.847. The van der Waals surface area contributed by atoms with E-state index < -0.39 is 0 Å². The summed E-state index contributed by atoms with van der Waals surface area (Å²) >= 11 is 0. The Bertz CT molecular complexity index is 386. The SMILES string of the molecule is CCC1CCCCN1Cc1cc[nH]c(=O)c1. The van der Waals surface area contributed by atoms with Crippen molar-refractivity contribution in [3.8, 4) is 0 Å². The van der Waals surface area contributed by atoms with E-state index in [9.17, 15) is 4.79 Å². The first-order valence-electron chi connectivity index (χ1n) is 6.21. The predicted octanol–water partition coefficient (Wildman–Crippen LogP) is 2.14. The van der Waals surface area contributed by atoms with Crippen molar-refractivity contribution < 1.29 is 0 Å². The molecule has 16 heavy (non-hydrogen) atoms. The van der Waals surface area contributed by atoms with Gasteiger partial charge in [-0.2, -0.15) is 0 Å². The first-order valence-corrected chi connectivity index (χ1v) is 6.21. The van der Waals surface area contributed by atoms with Gasteiger partial charge in [-0.3, -0.25) is 9.69 Å². The molecule has 0 aliphatic carbocycles. The van der Waals surface area contributed by atoms with E-state index in [1.54, 1.807) is 12.3 Å². The molecule has 2 heterocycles. The van der Waals surface area contributed by atoms with Gasteiger partial charge < -0.3 is 4.98 Å². The summed E-state index contributed by atoms with van der Waals surface area (Å²) in [7, 11) is 0. The van der Waals surface area contributed by atoms with Crippen LogP contribution in [0.3, 0.4) is 0 Å². The van der Waals surface area contributed by atoms with Crippen molar-refractivity contribution in [3.63, 3.8) is 0 Å². The second-order valence-corrected chi connectivity index (χ2v) is 4.59. The van der Waals surface area contributed by atoms with E-state index >= 15 is 0 Å². The van der Waals surface area contributed by atoms with Crippen LogP contribution in [0.4, 0.5) is 0 Å². The Morgan fingerprint density at radius 2 is 2.38 bits per heavy atom. The third-order valence-electron chi connectivity index (χ3n) is 3.45. The van der Waals surface area contributed by atoms with Gasteiger partial charge in [0.05, 0.1) is 0 Å². The Kier molecular flexibility index (Phi) is 3.78. The fourth-order valence-electron chi connectivity index (χ4n) is 2.55. The number of nitrogens with zero attached hydrogens (tertiary/aromatic N) is 1. The largest absolute Gasteiger partial charge is 0.329 e. The average Bonchev–Trinajstić information content (AvgIpc) is 2.30. The Morgan fingerprint density at radius 1 is 1.50 bits per heavy atom. The predicted molar refractivity (Wildman–Crippen MR) is 65.4 cm³/mol. The van der Waals surface area contributed by atoms with Gasteiger partial charge in [-0.1, -0.05) is 13.3 Å². The number of aromatic nitrogens is 1. The maximum Gasteiger partial charge on any atom is 0.248 e. The van der Waals surface area contributed by atoms with Crippen LogP contribution in [0.25, 0.3) is 0 Å². The molecule has 0 saturated carbocycles. The number of hydrogen-bond donors (Lipinski definition) is 1. The van der Waals surface area contributed by atoms with Gasteiger partial charge in [0.1, 0.15) is 0 Å². The van der Waals surface area contributed by atoms with Crippen LogP contribution in [0.2, 0.25) is 0 Å². The van der Waals surface area contributed by atoms with Crippen LogP contribution in [0.15, 0.2) is 23.1 Å². The van der Waals surface area contributed by atoms with Crippen LogP contribution in [0.5, 0.6) is 0 Å². The Labute approximate surface area is 96.5 Å². The number of pyridine rings is 1. The third-order valence-corrected chi connectivity index (χ3v) is 3.45. The first kappa shape index (κ1) is 11.4. The summed E-state index contributed by atoms with van der Waals surface area (Å²) in [6.45, 7) is 4.34. The molecule has 1 fully saturated rings. The molecular weight excluding hydrogens is 200 g/mol. The van der Waals surface area contributed by atoms with E-state index in [2.05, 4.69) is 16.8 Å². The first-order chi connectivity index (χ1) is 7.79. The number of aromatic amines is 1. The second-order valence-electron chi connectivity index (χ2n) is 4.59. The lowest BCUT2D eigenvalue weighted by Crippen LogP contribution is -2.38. The molecule has 0 amide bonds. The van der Waals surface area contributed by atoms with Crippen LogP contribution < -0.4 is 5.56 Å². The molecule has 3 nitrogen and oxygen atoms in total. The molecule has 1 unspecified atom stereocenters. The minimum atomic E-state index is 0.00237. The molecule has 1 N–H and O–H groups in total. The number of piperidine rings is 1. The van der Waals surface area contributed by atoms with Gasteiger partial charge in [0, 0.05) is 24.8 Å². The van der Waals surface area contributed by atoms with Crippen molar-refractivity contribution in [3.05, 3.63) is 34.2 Å². The zero-order valence-corrected chi connectivity index (χ0v) is 9.91. The lowest BCUT2D eigenvalue weighted by Gasteiger charge is -2.35. The average molecular weight is 220 g/mol. The van der Waals surface area contributed by atoms with Gasteiger partial charge in [0.2, 0.25) is 5.56 Å². The normalized spacial score (nSPS) is 22.2. The van der Waals surface area contributed by atoms with E-state index in [1.165, 1.54) is 32.2 Å².